The van der Waals surface area contributed by atoms with Gasteiger partial charge in [0, 0.05) is 5.92 Å². The summed E-state index contributed by atoms with van der Waals surface area (Å²) < 4.78 is 5.81. The molecule has 1 heterocycles. The average molecular weight is 273 g/mol. The van der Waals surface area contributed by atoms with Crippen LogP contribution in [0.3, 0.4) is 0 Å². The van der Waals surface area contributed by atoms with Crippen molar-refractivity contribution in [2.75, 3.05) is 0 Å². The number of rotatable bonds is 3. The SMILES string of the molecule is CCc1ccc2oc(C3CCCCC3C(=O)O)nc2c1. The molecule has 1 saturated carbocycles. The van der Waals surface area contributed by atoms with E-state index in [0.717, 1.165) is 43.2 Å². The van der Waals surface area contributed by atoms with Crippen molar-refractivity contribution in [1.82, 2.24) is 4.98 Å². The fourth-order valence-corrected chi connectivity index (χ4v) is 3.09. The molecular formula is C16H19NO3. The number of hydrogen-bond acceptors (Lipinski definition) is 3. The molecule has 1 aliphatic carbocycles. The third-order valence-electron chi connectivity index (χ3n) is 4.28. The zero-order chi connectivity index (χ0) is 14.1. The van der Waals surface area contributed by atoms with Crippen LogP contribution in [0.5, 0.6) is 0 Å². The summed E-state index contributed by atoms with van der Waals surface area (Å²) in [5, 5.41) is 9.36. The van der Waals surface area contributed by atoms with E-state index in [1.54, 1.807) is 0 Å². The summed E-state index contributed by atoms with van der Waals surface area (Å²) in [7, 11) is 0. The van der Waals surface area contributed by atoms with Crippen LogP contribution in [0.25, 0.3) is 11.1 Å². The smallest absolute Gasteiger partial charge is 0.307 e. The molecule has 0 spiro atoms. The number of benzene rings is 1. The lowest BCUT2D eigenvalue weighted by Crippen LogP contribution is -2.25. The first kappa shape index (κ1) is 13.2. The molecule has 1 aliphatic rings. The Bertz CT molecular complexity index is 632. The van der Waals surface area contributed by atoms with E-state index in [1.807, 2.05) is 18.2 Å². The second-order valence-electron chi connectivity index (χ2n) is 5.54. The number of oxazole rings is 1. The predicted molar refractivity (Wildman–Crippen MR) is 75.7 cm³/mol. The lowest BCUT2D eigenvalue weighted by molar-refractivity contribution is -0.143. The van der Waals surface area contributed by atoms with Crippen molar-refractivity contribution in [3.8, 4) is 0 Å². The lowest BCUT2D eigenvalue weighted by Gasteiger charge is -2.25. The molecule has 3 rings (SSSR count). The van der Waals surface area contributed by atoms with Gasteiger partial charge in [-0.2, -0.15) is 0 Å². The summed E-state index contributed by atoms with van der Waals surface area (Å²) in [5.41, 5.74) is 2.82. The summed E-state index contributed by atoms with van der Waals surface area (Å²) in [6.07, 6.45) is 4.56. The van der Waals surface area contributed by atoms with Gasteiger partial charge >= 0.3 is 5.97 Å². The van der Waals surface area contributed by atoms with Gasteiger partial charge in [-0.1, -0.05) is 25.8 Å². The quantitative estimate of drug-likeness (QED) is 0.925. The Labute approximate surface area is 117 Å². The number of fused-ring (bicyclic) bond motifs is 1. The van der Waals surface area contributed by atoms with E-state index in [-0.39, 0.29) is 11.8 Å². The fourth-order valence-electron chi connectivity index (χ4n) is 3.09. The number of carboxylic acids is 1. The summed E-state index contributed by atoms with van der Waals surface area (Å²) >= 11 is 0. The van der Waals surface area contributed by atoms with Gasteiger partial charge < -0.3 is 9.52 Å². The van der Waals surface area contributed by atoms with Crippen LogP contribution < -0.4 is 0 Å². The molecule has 0 amide bonds. The number of carboxylic acid groups (broad SMARTS) is 1. The van der Waals surface area contributed by atoms with Crippen LogP contribution in [0.1, 0.15) is 50.0 Å². The van der Waals surface area contributed by atoms with Crippen LogP contribution in [0.4, 0.5) is 0 Å². The highest BCUT2D eigenvalue weighted by molar-refractivity contribution is 5.74. The van der Waals surface area contributed by atoms with Gasteiger partial charge in [0.2, 0.25) is 0 Å². The van der Waals surface area contributed by atoms with Crippen LogP contribution in [0.15, 0.2) is 22.6 Å². The van der Waals surface area contributed by atoms with Crippen LogP contribution in [0.2, 0.25) is 0 Å². The van der Waals surface area contributed by atoms with E-state index >= 15 is 0 Å². The van der Waals surface area contributed by atoms with Gasteiger partial charge in [0.25, 0.3) is 0 Å². The van der Waals surface area contributed by atoms with Crippen LogP contribution >= 0.6 is 0 Å². The molecule has 20 heavy (non-hydrogen) atoms. The first-order valence-corrected chi connectivity index (χ1v) is 7.31. The Morgan fingerprint density at radius 1 is 1.40 bits per heavy atom. The van der Waals surface area contributed by atoms with Crippen molar-refractivity contribution in [1.29, 1.82) is 0 Å². The molecular weight excluding hydrogens is 254 g/mol. The highest BCUT2D eigenvalue weighted by Gasteiger charge is 2.35. The van der Waals surface area contributed by atoms with Crippen LogP contribution in [-0.2, 0) is 11.2 Å². The summed E-state index contributed by atoms with van der Waals surface area (Å²) in [6.45, 7) is 2.10. The zero-order valence-corrected chi connectivity index (χ0v) is 11.6. The number of nitrogens with zero attached hydrogens (tertiary/aromatic N) is 1. The second-order valence-corrected chi connectivity index (χ2v) is 5.54. The molecule has 4 nitrogen and oxygen atoms in total. The Kier molecular flexibility index (Phi) is 3.47. The highest BCUT2D eigenvalue weighted by Crippen LogP contribution is 2.38. The first-order valence-electron chi connectivity index (χ1n) is 7.31. The molecule has 1 fully saturated rings. The molecule has 0 radical (unpaired) electrons. The standard InChI is InChI=1S/C16H19NO3/c1-2-10-7-8-14-13(9-10)17-15(20-14)11-5-3-4-6-12(11)16(18)19/h7-9,11-12H,2-6H2,1H3,(H,18,19). The molecule has 4 heteroatoms. The zero-order valence-electron chi connectivity index (χ0n) is 11.6. The fraction of sp³-hybridized carbons (Fsp3) is 0.500. The lowest BCUT2D eigenvalue weighted by atomic mass is 9.79. The molecule has 1 aromatic carbocycles. The van der Waals surface area contributed by atoms with Crippen molar-refractivity contribution in [2.24, 2.45) is 5.92 Å². The molecule has 0 saturated heterocycles. The van der Waals surface area contributed by atoms with Gasteiger partial charge in [-0.05, 0) is 37.0 Å². The van der Waals surface area contributed by atoms with Crippen molar-refractivity contribution < 1.29 is 14.3 Å². The molecule has 2 unspecified atom stereocenters. The maximum absolute atomic E-state index is 11.4. The minimum atomic E-state index is -0.730. The molecule has 1 aromatic heterocycles. The van der Waals surface area contributed by atoms with Crippen LogP contribution in [0, 0.1) is 5.92 Å². The second kappa shape index (κ2) is 5.27. The number of carbonyl (C=O) groups is 1. The van der Waals surface area contributed by atoms with Gasteiger partial charge in [0.05, 0.1) is 5.92 Å². The molecule has 1 N–H and O–H groups in total. The van der Waals surface area contributed by atoms with Gasteiger partial charge in [-0.25, -0.2) is 4.98 Å². The monoisotopic (exact) mass is 273 g/mol. The van der Waals surface area contributed by atoms with Gasteiger partial charge in [-0.15, -0.1) is 0 Å². The summed E-state index contributed by atoms with van der Waals surface area (Å²) in [5.74, 6) is -0.576. The van der Waals surface area contributed by atoms with E-state index in [0.29, 0.717) is 5.89 Å². The normalized spacial score (nSPS) is 23.1. The van der Waals surface area contributed by atoms with E-state index in [1.165, 1.54) is 5.56 Å². The number of aromatic nitrogens is 1. The van der Waals surface area contributed by atoms with E-state index in [4.69, 9.17) is 4.42 Å². The van der Waals surface area contributed by atoms with Gasteiger partial charge in [-0.3, -0.25) is 4.79 Å². The van der Waals surface area contributed by atoms with Gasteiger partial charge in [0.15, 0.2) is 11.5 Å². The van der Waals surface area contributed by atoms with Crippen molar-refractivity contribution in [3.63, 3.8) is 0 Å². The molecule has 106 valence electrons. The Balaban J connectivity index is 1.97. The maximum Gasteiger partial charge on any atom is 0.307 e. The minimum Gasteiger partial charge on any atom is -0.481 e. The van der Waals surface area contributed by atoms with Gasteiger partial charge in [0.1, 0.15) is 5.52 Å². The molecule has 2 atom stereocenters. The minimum absolute atomic E-state index is 0.0845. The highest BCUT2D eigenvalue weighted by atomic mass is 16.4. The largest absolute Gasteiger partial charge is 0.481 e. The number of aliphatic carboxylic acids is 1. The molecule has 0 bridgehead atoms. The predicted octanol–water partition coefficient (Wildman–Crippen LogP) is 3.75. The van der Waals surface area contributed by atoms with E-state index < -0.39 is 5.97 Å². The maximum atomic E-state index is 11.4. The first-order chi connectivity index (χ1) is 9.69. The third-order valence-corrected chi connectivity index (χ3v) is 4.28. The molecule has 0 aliphatic heterocycles. The Hall–Kier alpha value is -1.84. The number of aryl methyl sites for hydroxylation is 1. The average Bonchev–Trinajstić information content (AvgIpc) is 2.89. The summed E-state index contributed by atoms with van der Waals surface area (Å²) in [6, 6.07) is 6.00. The third kappa shape index (κ3) is 2.30. The topological polar surface area (TPSA) is 63.3 Å². The van der Waals surface area contributed by atoms with Crippen LogP contribution in [-0.4, -0.2) is 16.1 Å². The Morgan fingerprint density at radius 2 is 2.20 bits per heavy atom. The molecule has 2 aromatic rings. The van der Waals surface area contributed by atoms with Crippen molar-refractivity contribution in [2.45, 2.75) is 44.9 Å². The van der Waals surface area contributed by atoms with Crippen molar-refractivity contribution in [3.05, 3.63) is 29.7 Å². The Morgan fingerprint density at radius 3 is 2.95 bits per heavy atom. The summed E-state index contributed by atoms with van der Waals surface area (Å²) in [4.78, 5) is 15.9. The number of hydrogen-bond donors (Lipinski definition) is 1. The van der Waals surface area contributed by atoms with E-state index in [2.05, 4.69) is 11.9 Å². The van der Waals surface area contributed by atoms with Crippen molar-refractivity contribution >= 4 is 17.1 Å². The van der Waals surface area contributed by atoms with E-state index in [9.17, 15) is 9.90 Å².